The molecule has 0 heterocycles. The monoisotopic (exact) mass is 599 g/mol. The minimum atomic E-state index is -4.16. The molecule has 0 bridgehead atoms. The third-order valence-corrected chi connectivity index (χ3v) is 8.80. The molecule has 41 heavy (non-hydrogen) atoms. The summed E-state index contributed by atoms with van der Waals surface area (Å²) < 4.78 is 34.4. The number of amides is 2. The number of halogens is 1. The number of anilines is 1. The second-order valence-electron chi connectivity index (χ2n) is 9.89. The van der Waals surface area contributed by atoms with Crippen LogP contribution in [0.5, 0.6) is 5.75 Å². The van der Waals surface area contributed by atoms with Crippen molar-refractivity contribution in [3.05, 3.63) is 88.9 Å². The van der Waals surface area contributed by atoms with Gasteiger partial charge in [-0.3, -0.25) is 13.9 Å². The molecule has 220 valence electrons. The lowest BCUT2D eigenvalue weighted by Crippen LogP contribution is -2.52. The molecular weight excluding hydrogens is 562 g/mol. The van der Waals surface area contributed by atoms with E-state index in [2.05, 4.69) is 5.32 Å². The molecule has 0 saturated carbocycles. The molecule has 0 radical (unpaired) electrons. The first-order valence-corrected chi connectivity index (χ1v) is 15.4. The van der Waals surface area contributed by atoms with Crippen LogP contribution in [0.4, 0.5) is 5.69 Å². The van der Waals surface area contributed by atoms with Crippen LogP contribution in [0.1, 0.15) is 45.2 Å². The number of ether oxygens (including phenoxy) is 1. The van der Waals surface area contributed by atoms with Crippen LogP contribution in [0, 0.1) is 6.92 Å². The molecule has 0 aliphatic heterocycles. The van der Waals surface area contributed by atoms with E-state index in [4.69, 9.17) is 16.3 Å². The van der Waals surface area contributed by atoms with Crippen molar-refractivity contribution in [3.8, 4) is 5.75 Å². The van der Waals surface area contributed by atoms with Crippen LogP contribution < -0.4 is 14.4 Å². The Morgan fingerprint density at radius 1 is 0.927 bits per heavy atom. The van der Waals surface area contributed by atoms with Crippen LogP contribution in [0.3, 0.4) is 0 Å². The summed E-state index contributed by atoms with van der Waals surface area (Å²) in [7, 11) is -4.16. The SMILES string of the molecule is CCOc1ccc(S(=O)(=O)N(CC(=O)N(Cc2ccc(Cl)cc2)[C@@H](C)C(=O)N[C@H](C)CC)c2ccc(C)cc2)cc1. The number of nitrogens with one attached hydrogen (secondary N) is 1. The summed E-state index contributed by atoms with van der Waals surface area (Å²) in [5.74, 6) is -0.306. The zero-order valence-electron chi connectivity index (χ0n) is 24.1. The van der Waals surface area contributed by atoms with E-state index in [0.717, 1.165) is 21.9 Å². The molecule has 3 aromatic carbocycles. The Kier molecular flexibility index (Phi) is 11.2. The van der Waals surface area contributed by atoms with Gasteiger partial charge in [-0.2, -0.15) is 0 Å². The fourth-order valence-electron chi connectivity index (χ4n) is 4.08. The van der Waals surface area contributed by atoms with Crippen LogP contribution in [-0.2, 0) is 26.2 Å². The third-order valence-electron chi connectivity index (χ3n) is 6.76. The largest absolute Gasteiger partial charge is 0.494 e. The summed E-state index contributed by atoms with van der Waals surface area (Å²) in [5.41, 5.74) is 2.03. The highest BCUT2D eigenvalue weighted by Gasteiger charge is 2.32. The van der Waals surface area contributed by atoms with Crippen molar-refractivity contribution >= 4 is 39.1 Å². The molecule has 0 aromatic heterocycles. The maximum absolute atomic E-state index is 14.0. The molecule has 0 aliphatic carbocycles. The number of hydrogen-bond acceptors (Lipinski definition) is 5. The summed E-state index contributed by atoms with van der Waals surface area (Å²) in [6.07, 6.45) is 0.727. The molecule has 0 saturated heterocycles. The number of sulfonamides is 1. The summed E-state index contributed by atoms with van der Waals surface area (Å²) in [6.45, 7) is 9.26. The predicted octanol–water partition coefficient (Wildman–Crippen LogP) is 5.57. The maximum atomic E-state index is 14.0. The highest BCUT2D eigenvalue weighted by atomic mass is 35.5. The summed E-state index contributed by atoms with van der Waals surface area (Å²) in [6, 6.07) is 19.0. The van der Waals surface area contributed by atoms with Gasteiger partial charge >= 0.3 is 0 Å². The normalized spacial score (nSPS) is 12.7. The molecule has 0 spiro atoms. The Labute approximate surface area is 248 Å². The zero-order chi connectivity index (χ0) is 30.2. The highest BCUT2D eigenvalue weighted by molar-refractivity contribution is 7.92. The van der Waals surface area contributed by atoms with Gasteiger partial charge in [0.1, 0.15) is 18.3 Å². The molecule has 10 heteroatoms. The minimum absolute atomic E-state index is 0.0149. The van der Waals surface area contributed by atoms with E-state index in [9.17, 15) is 18.0 Å². The van der Waals surface area contributed by atoms with Gasteiger partial charge in [0.25, 0.3) is 10.0 Å². The second-order valence-corrected chi connectivity index (χ2v) is 12.2. The molecule has 3 aromatic rings. The average molecular weight is 600 g/mol. The molecule has 0 unspecified atom stereocenters. The molecule has 1 N–H and O–H groups in total. The lowest BCUT2D eigenvalue weighted by atomic mass is 10.1. The van der Waals surface area contributed by atoms with Gasteiger partial charge in [-0.1, -0.05) is 48.4 Å². The van der Waals surface area contributed by atoms with Crippen molar-refractivity contribution in [2.45, 2.75) is 64.6 Å². The fraction of sp³-hybridized carbons (Fsp3) is 0.355. The fourth-order valence-corrected chi connectivity index (χ4v) is 5.62. The summed E-state index contributed by atoms with van der Waals surface area (Å²) in [4.78, 5) is 28.5. The molecule has 0 fully saturated rings. The molecular formula is C31H38ClN3O5S. The van der Waals surface area contributed by atoms with Gasteiger partial charge in [-0.05, 0) is 88.2 Å². The first kappa shape index (κ1) is 32.0. The van der Waals surface area contributed by atoms with E-state index in [1.54, 1.807) is 67.6 Å². The van der Waals surface area contributed by atoms with E-state index in [-0.39, 0.29) is 23.4 Å². The number of benzene rings is 3. The Balaban J connectivity index is 2.01. The molecule has 8 nitrogen and oxygen atoms in total. The van der Waals surface area contributed by atoms with Crippen molar-refractivity contribution in [1.29, 1.82) is 0 Å². The molecule has 3 rings (SSSR count). The number of nitrogens with zero attached hydrogens (tertiary/aromatic N) is 2. The summed E-state index contributed by atoms with van der Waals surface area (Å²) in [5, 5.41) is 3.47. The third kappa shape index (κ3) is 8.47. The van der Waals surface area contributed by atoms with Crippen molar-refractivity contribution in [2.75, 3.05) is 17.5 Å². The standard InChI is InChI=1S/C31H38ClN3O5S/c1-6-23(4)33-31(37)24(5)34(20-25-10-12-26(32)13-11-25)30(36)21-35(27-14-8-22(3)9-15-27)41(38,39)29-18-16-28(17-19-29)40-7-2/h8-19,23-24H,6-7,20-21H2,1-5H3,(H,33,37)/t23-,24+/m1/s1. The first-order chi connectivity index (χ1) is 19.5. The lowest BCUT2D eigenvalue weighted by Gasteiger charge is -2.32. The highest BCUT2D eigenvalue weighted by Crippen LogP contribution is 2.26. The van der Waals surface area contributed by atoms with Crippen molar-refractivity contribution in [2.24, 2.45) is 0 Å². The van der Waals surface area contributed by atoms with E-state index >= 15 is 0 Å². The average Bonchev–Trinajstić information content (AvgIpc) is 2.96. The Morgan fingerprint density at radius 3 is 2.10 bits per heavy atom. The van der Waals surface area contributed by atoms with Crippen molar-refractivity contribution in [1.82, 2.24) is 10.2 Å². The quantitative estimate of drug-likeness (QED) is 0.277. The van der Waals surface area contributed by atoms with E-state index in [0.29, 0.717) is 23.1 Å². The van der Waals surface area contributed by atoms with Crippen LogP contribution in [-0.4, -0.2) is 50.4 Å². The van der Waals surface area contributed by atoms with Gasteiger partial charge in [0, 0.05) is 17.6 Å². The number of carbonyl (C=O) groups is 2. The van der Waals surface area contributed by atoms with Crippen LogP contribution in [0.25, 0.3) is 0 Å². The van der Waals surface area contributed by atoms with E-state index < -0.39 is 28.5 Å². The van der Waals surface area contributed by atoms with Crippen molar-refractivity contribution < 1.29 is 22.7 Å². The predicted molar refractivity (Wildman–Crippen MR) is 163 cm³/mol. The minimum Gasteiger partial charge on any atom is -0.494 e. The molecule has 2 amide bonds. The zero-order valence-corrected chi connectivity index (χ0v) is 25.7. The molecule has 0 aliphatic rings. The second kappa shape index (κ2) is 14.4. The Bertz CT molecular complexity index is 1410. The van der Waals surface area contributed by atoms with Gasteiger partial charge < -0.3 is 15.0 Å². The van der Waals surface area contributed by atoms with Crippen LogP contribution in [0.15, 0.2) is 77.7 Å². The first-order valence-electron chi connectivity index (χ1n) is 13.6. The van der Waals surface area contributed by atoms with Gasteiger partial charge in [-0.15, -0.1) is 0 Å². The van der Waals surface area contributed by atoms with Gasteiger partial charge in [0.2, 0.25) is 11.8 Å². The van der Waals surface area contributed by atoms with Gasteiger partial charge in [0.15, 0.2) is 0 Å². The number of rotatable bonds is 13. The topological polar surface area (TPSA) is 96.0 Å². The van der Waals surface area contributed by atoms with Gasteiger partial charge in [0.05, 0.1) is 17.2 Å². The van der Waals surface area contributed by atoms with E-state index in [1.807, 2.05) is 27.7 Å². The number of hydrogen-bond donors (Lipinski definition) is 1. The number of aryl methyl sites for hydroxylation is 1. The van der Waals surface area contributed by atoms with Crippen LogP contribution >= 0.6 is 11.6 Å². The van der Waals surface area contributed by atoms with Gasteiger partial charge in [-0.25, -0.2) is 8.42 Å². The van der Waals surface area contributed by atoms with Crippen molar-refractivity contribution in [3.63, 3.8) is 0 Å². The number of carbonyl (C=O) groups excluding carboxylic acids is 2. The Morgan fingerprint density at radius 2 is 1.54 bits per heavy atom. The lowest BCUT2D eigenvalue weighted by molar-refractivity contribution is -0.139. The van der Waals surface area contributed by atoms with E-state index in [1.165, 1.54) is 17.0 Å². The smallest absolute Gasteiger partial charge is 0.264 e. The maximum Gasteiger partial charge on any atom is 0.264 e. The Hall–Kier alpha value is -3.56. The van der Waals surface area contributed by atoms with Crippen LogP contribution in [0.2, 0.25) is 5.02 Å². The molecule has 2 atom stereocenters. The summed E-state index contributed by atoms with van der Waals surface area (Å²) >= 11 is 6.05.